The first-order valence-electron chi connectivity index (χ1n) is 9.01. The lowest BCUT2D eigenvalue weighted by molar-refractivity contribution is 0.102. The molecule has 0 unspecified atom stereocenters. The molecule has 0 radical (unpaired) electrons. The number of aryl methyl sites for hydroxylation is 1. The van der Waals surface area contributed by atoms with Crippen molar-refractivity contribution in [2.75, 3.05) is 5.32 Å². The number of fused-ring (bicyclic) bond motifs is 1. The number of nitrogens with zero attached hydrogens (tertiary/aromatic N) is 3. The number of carbonyl (C=O) groups is 1. The quantitative estimate of drug-likeness (QED) is 0.587. The van der Waals surface area contributed by atoms with Crippen molar-refractivity contribution in [3.63, 3.8) is 0 Å². The second-order valence-corrected chi connectivity index (χ2v) is 6.68. The molecule has 7 heteroatoms. The Labute approximate surface area is 165 Å². The van der Waals surface area contributed by atoms with Gasteiger partial charge in [0.15, 0.2) is 5.65 Å². The number of anilines is 1. The van der Waals surface area contributed by atoms with Gasteiger partial charge in [-0.15, -0.1) is 0 Å². The van der Waals surface area contributed by atoms with E-state index in [0.29, 0.717) is 11.4 Å². The first-order valence-corrected chi connectivity index (χ1v) is 9.01. The number of amides is 1. The van der Waals surface area contributed by atoms with E-state index in [4.69, 9.17) is 0 Å². The third kappa shape index (κ3) is 3.23. The topological polar surface area (TPSA) is 86.0 Å². The zero-order valence-electron chi connectivity index (χ0n) is 15.9. The summed E-state index contributed by atoms with van der Waals surface area (Å²) in [5.41, 5.74) is 1.62. The molecule has 0 bridgehead atoms. The third-order valence-corrected chi connectivity index (χ3v) is 4.76. The number of rotatable bonds is 3. The highest BCUT2D eigenvalue weighted by atomic mass is 16.2. The number of benzene rings is 2. The summed E-state index contributed by atoms with van der Waals surface area (Å²) in [6, 6.07) is 17.8. The van der Waals surface area contributed by atoms with Crippen LogP contribution in [-0.2, 0) is 7.05 Å². The summed E-state index contributed by atoms with van der Waals surface area (Å²) in [6.45, 7) is 1.89. The number of hydrogen-bond donors (Lipinski definition) is 1. The Bertz CT molecular complexity index is 1350. The summed E-state index contributed by atoms with van der Waals surface area (Å²) >= 11 is 0. The Morgan fingerprint density at radius 3 is 2.41 bits per heavy atom. The van der Waals surface area contributed by atoms with Crippen LogP contribution in [0.5, 0.6) is 0 Å². The van der Waals surface area contributed by atoms with Crippen LogP contribution in [0.15, 0.2) is 76.4 Å². The maximum atomic E-state index is 12.7. The van der Waals surface area contributed by atoms with Crippen molar-refractivity contribution in [2.24, 2.45) is 7.05 Å². The lowest BCUT2D eigenvalue weighted by atomic mass is 10.1. The van der Waals surface area contributed by atoms with Gasteiger partial charge in [0.25, 0.3) is 11.5 Å². The summed E-state index contributed by atoms with van der Waals surface area (Å²) in [6.07, 6.45) is 1.37. The Morgan fingerprint density at radius 1 is 1.00 bits per heavy atom. The summed E-state index contributed by atoms with van der Waals surface area (Å²) in [5, 5.41) is 3.01. The lowest BCUT2D eigenvalue weighted by Crippen LogP contribution is -2.38. The summed E-state index contributed by atoms with van der Waals surface area (Å²) in [7, 11) is 1.41. The highest BCUT2D eigenvalue weighted by molar-refractivity contribution is 6.05. The van der Waals surface area contributed by atoms with Gasteiger partial charge < -0.3 is 5.32 Å². The van der Waals surface area contributed by atoms with Crippen LogP contribution in [-0.4, -0.2) is 20.0 Å². The molecule has 1 N–H and O–H groups in total. The molecule has 0 fully saturated rings. The van der Waals surface area contributed by atoms with Crippen LogP contribution in [0.1, 0.15) is 15.9 Å². The molecule has 2 aromatic carbocycles. The number of aromatic nitrogens is 3. The molecule has 2 heterocycles. The van der Waals surface area contributed by atoms with Gasteiger partial charge in [-0.05, 0) is 36.8 Å². The van der Waals surface area contributed by atoms with Gasteiger partial charge in [0.2, 0.25) is 0 Å². The van der Waals surface area contributed by atoms with E-state index in [9.17, 15) is 14.4 Å². The summed E-state index contributed by atoms with van der Waals surface area (Å²) < 4.78 is 2.37. The molecule has 29 heavy (non-hydrogen) atoms. The molecule has 0 aliphatic rings. The van der Waals surface area contributed by atoms with Crippen molar-refractivity contribution < 1.29 is 4.79 Å². The van der Waals surface area contributed by atoms with Crippen molar-refractivity contribution in [2.45, 2.75) is 6.92 Å². The average Bonchev–Trinajstić information content (AvgIpc) is 2.74. The van der Waals surface area contributed by atoms with Crippen LogP contribution in [0.25, 0.3) is 16.7 Å². The molecule has 0 saturated heterocycles. The van der Waals surface area contributed by atoms with Crippen LogP contribution >= 0.6 is 0 Å². The van der Waals surface area contributed by atoms with Gasteiger partial charge >= 0.3 is 5.69 Å². The lowest BCUT2D eigenvalue weighted by Gasteiger charge is -2.12. The SMILES string of the molecule is Cc1ccccc1NC(=O)c1cnc2c(c1)c(=O)n(C)c(=O)n2-c1ccccc1. The van der Waals surface area contributed by atoms with Crippen molar-refractivity contribution in [1.82, 2.24) is 14.1 Å². The standard InChI is InChI=1S/C22H18N4O3/c1-14-8-6-7-11-18(14)24-20(27)15-12-17-19(23-13-15)26(16-9-4-3-5-10-16)22(29)25(2)21(17)28/h3-13H,1-2H3,(H,24,27). The molecular weight excluding hydrogens is 368 g/mol. The van der Waals surface area contributed by atoms with Gasteiger partial charge in [-0.25, -0.2) is 14.3 Å². The molecule has 0 atom stereocenters. The highest BCUT2D eigenvalue weighted by Gasteiger charge is 2.16. The summed E-state index contributed by atoms with van der Waals surface area (Å²) in [4.78, 5) is 42.4. The van der Waals surface area contributed by atoms with Gasteiger partial charge in [0.05, 0.1) is 16.6 Å². The predicted octanol–water partition coefficient (Wildman–Crippen LogP) is 2.65. The van der Waals surface area contributed by atoms with Gasteiger partial charge in [-0.3, -0.25) is 14.2 Å². The van der Waals surface area contributed by atoms with Gasteiger partial charge in [-0.2, -0.15) is 0 Å². The molecule has 0 aliphatic carbocycles. The molecule has 4 rings (SSSR count). The van der Waals surface area contributed by atoms with E-state index < -0.39 is 11.2 Å². The molecule has 0 saturated carbocycles. The Kier molecular flexibility index (Phi) is 4.56. The van der Waals surface area contributed by atoms with Gasteiger partial charge in [-0.1, -0.05) is 36.4 Å². The van der Waals surface area contributed by atoms with Crippen LogP contribution in [0.4, 0.5) is 5.69 Å². The van der Waals surface area contributed by atoms with Crippen molar-refractivity contribution in [3.05, 3.63) is 98.8 Å². The maximum Gasteiger partial charge on any atom is 0.337 e. The zero-order valence-corrected chi connectivity index (χ0v) is 15.9. The smallest absolute Gasteiger partial charge is 0.322 e. The van der Waals surface area contributed by atoms with Crippen LogP contribution in [0.2, 0.25) is 0 Å². The Balaban J connectivity index is 1.87. The molecular formula is C22H18N4O3. The van der Waals surface area contributed by atoms with Gasteiger partial charge in [0.1, 0.15) is 0 Å². The number of pyridine rings is 1. The van der Waals surface area contributed by atoms with E-state index >= 15 is 0 Å². The van der Waals surface area contributed by atoms with Gasteiger partial charge in [0, 0.05) is 18.9 Å². The average molecular weight is 386 g/mol. The monoisotopic (exact) mass is 386 g/mol. The molecule has 1 amide bonds. The first-order chi connectivity index (χ1) is 14.0. The number of hydrogen-bond acceptors (Lipinski definition) is 4. The number of nitrogens with one attached hydrogen (secondary N) is 1. The van der Waals surface area contributed by atoms with E-state index in [0.717, 1.165) is 10.1 Å². The van der Waals surface area contributed by atoms with E-state index in [1.165, 1.54) is 23.9 Å². The first kappa shape index (κ1) is 18.4. The van der Waals surface area contributed by atoms with E-state index in [1.54, 1.807) is 30.3 Å². The molecule has 4 aromatic rings. The van der Waals surface area contributed by atoms with E-state index in [1.807, 2.05) is 31.2 Å². The maximum absolute atomic E-state index is 12.7. The van der Waals surface area contributed by atoms with Crippen LogP contribution in [0.3, 0.4) is 0 Å². The Morgan fingerprint density at radius 2 is 1.69 bits per heavy atom. The predicted molar refractivity (Wildman–Crippen MR) is 112 cm³/mol. The minimum atomic E-state index is -0.504. The minimum Gasteiger partial charge on any atom is -0.322 e. The normalized spacial score (nSPS) is 10.8. The third-order valence-electron chi connectivity index (χ3n) is 4.76. The van der Waals surface area contributed by atoms with Crippen molar-refractivity contribution >= 4 is 22.6 Å². The fraction of sp³-hybridized carbons (Fsp3) is 0.0909. The van der Waals surface area contributed by atoms with Crippen LogP contribution < -0.4 is 16.6 Å². The number of carbonyl (C=O) groups excluding carboxylic acids is 1. The molecule has 2 aromatic heterocycles. The second kappa shape index (κ2) is 7.20. The fourth-order valence-electron chi connectivity index (χ4n) is 3.14. The minimum absolute atomic E-state index is 0.188. The molecule has 0 aliphatic heterocycles. The Hall–Kier alpha value is -4.00. The fourth-order valence-corrected chi connectivity index (χ4v) is 3.14. The second-order valence-electron chi connectivity index (χ2n) is 6.68. The van der Waals surface area contributed by atoms with Crippen LogP contribution in [0, 0.1) is 6.92 Å². The number of para-hydroxylation sites is 2. The van der Waals surface area contributed by atoms with E-state index in [2.05, 4.69) is 10.3 Å². The summed E-state index contributed by atoms with van der Waals surface area (Å²) in [5.74, 6) is -0.381. The van der Waals surface area contributed by atoms with E-state index in [-0.39, 0.29) is 22.5 Å². The zero-order chi connectivity index (χ0) is 20.5. The highest BCUT2D eigenvalue weighted by Crippen LogP contribution is 2.17. The van der Waals surface area contributed by atoms with Crippen molar-refractivity contribution in [1.29, 1.82) is 0 Å². The molecule has 144 valence electrons. The van der Waals surface area contributed by atoms with Crippen molar-refractivity contribution in [3.8, 4) is 5.69 Å². The molecule has 7 nitrogen and oxygen atoms in total. The largest absolute Gasteiger partial charge is 0.337 e. The molecule has 0 spiro atoms.